The molecule has 2 aromatic carbocycles. The first kappa shape index (κ1) is 17.7. The van der Waals surface area contributed by atoms with E-state index < -0.39 is 0 Å². The summed E-state index contributed by atoms with van der Waals surface area (Å²) in [6, 6.07) is 20.8. The summed E-state index contributed by atoms with van der Waals surface area (Å²) in [5.41, 5.74) is 4.24. The Hall–Kier alpha value is -3.34. The maximum absolute atomic E-state index is 12.7. The van der Waals surface area contributed by atoms with Gasteiger partial charge in [0.05, 0.1) is 0 Å². The number of likely N-dealkylation sites (tertiary alicyclic amines) is 1. The molecule has 0 aliphatic carbocycles. The van der Waals surface area contributed by atoms with Gasteiger partial charge in [0.25, 0.3) is 5.91 Å². The largest absolute Gasteiger partial charge is 0.361 e. The van der Waals surface area contributed by atoms with Gasteiger partial charge in [-0.1, -0.05) is 53.7 Å². The van der Waals surface area contributed by atoms with Crippen molar-refractivity contribution in [2.75, 3.05) is 13.1 Å². The average molecular weight is 385 g/mol. The van der Waals surface area contributed by atoms with Gasteiger partial charge in [-0.15, -0.1) is 0 Å². The van der Waals surface area contributed by atoms with Gasteiger partial charge in [-0.3, -0.25) is 4.79 Å². The molecule has 0 saturated carbocycles. The number of aromatic nitrogens is 2. The SMILES string of the molecule is Cc1cc(C(=O)N2CCC(c3cn(Cc4ccccc4)c4ccccc34)C2)no1. The zero-order chi connectivity index (χ0) is 19.8. The lowest BCUT2D eigenvalue weighted by Gasteiger charge is -2.14. The highest BCUT2D eigenvalue weighted by atomic mass is 16.5. The summed E-state index contributed by atoms with van der Waals surface area (Å²) >= 11 is 0. The predicted octanol–water partition coefficient (Wildman–Crippen LogP) is 4.62. The molecule has 1 aliphatic rings. The summed E-state index contributed by atoms with van der Waals surface area (Å²) in [7, 11) is 0. The number of carbonyl (C=O) groups excluding carboxylic acids is 1. The molecular weight excluding hydrogens is 362 g/mol. The van der Waals surface area contributed by atoms with Crippen molar-refractivity contribution in [3.63, 3.8) is 0 Å². The molecule has 146 valence electrons. The summed E-state index contributed by atoms with van der Waals surface area (Å²) in [6.07, 6.45) is 3.23. The Labute approximate surface area is 169 Å². The topological polar surface area (TPSA) is 51.3 Å². The second-order valence-electron chi connectivity index (χ2n) is 7.77. The van der Waals surface area contributed by atoms with E-state index in [-0.39, 0.29) is 5.91 Å². The van der Waals surface area contributed by atoms with Crippen LogP contribution in [0.25, 0.3) is 10.9 Å². The van der Waals surface area contributed by atoms with Crippen molar-refractivity contribution >= 4 is 16.8 Å². The van der Waals surface area contributed by atoms with E-state index in [9.17, 15) is 4.79 Å². The van der Waals surface area contributed by atoms with Crippen molar-refractivity contribution in [2.45, 2.75) is 25.8 Å². The summed E-state index contributed by atoms with van der Waals surface area (Å²) in [5, 5.41) is 5.17. The van der Waals surface area contributed by atoms with E-state index in [2.05, 4.69) is 64.5 Å². The van der Waals surface area contributed by atoms with E-state index in [4.69, 9.17) is 4.52 Å². The quantitative estimate of drug-likeness (QED) is 0.515. The lowest BCUT2D eigenvalue weighted by Crippen LogP contribution is -2.28. The Morgan fingerprint density at radius 2 is 1.93 bits per heavy atom. The van der Waals surface area contributed by atoms with Crippen LogP contribution in [0.4, 0.5) is 0 Å². The molecule has 5 heteroatoms. The van der Waals surface area contributed by atoms with Gasteiger partial charge in [0, 0.05) is 48.7 Å². The van der Waals surface area contributed by atoms with Gasteiger partial charge in [-0.05, 0) is 30.5 Å². The van der Waals surface area contributed by atoms with E-state index in [0.29, 0.717) is 23.9 Å². The second-order valence-corrected chi connectivity index (χ2v) is 7.77. The summed E-state index contributed by atoms with van der Waals surface area (Å²) < 4.78 is 7.40. The molecule has 1 amide bonds. The van der Waals surface area contributed by atoms with Gasteiger partial charge < -0.3 is 14.0 Å². The van der Waals surface area contributed by atoms with Crippen molar-refractivity contribution in [3.8, 4) is 0 Å². The molecule has 1 atom stereocenters. The number of para-hydroxylation sites is 1. The molecule has 1 fully saturated rings. The van der Waals surface area contributed by atoms with Crippen LogP contribution in [0.3, 0.4) is 0 Å². The van der Waals surface area contributed by atoms with E-state index >= 15 is 0 Å². The Kier molecular flexibility index (Phi) is 4.43. The number of hydrogen-bond donors (Lipinski definition) is 0. The highest BCUT2D eigenvalue weighted by Gasteiger charge is 2.31. The number of amides is 1. The fourth-order valence-electron chi connectivity index (χ4n) is 4.34. The summed E-state index contributed by atoms with van der Waals surface area (Å²) in [4.78, 5) is 14.6. The van der Waals surface area contributed by atoms with Crippen molar-refractivity contribution < 1.29 is 9.32 Å². The number of nitrogens with zero attached hydrogens (tertiary/aromatic N) is 3. The molecule has 5 rings (SSSR count). The Morgan fingerprint density at radius 3 is 2.72 bits per heavy atom. The minimum Gasteiger partial charge on any atom is -0.361 e. The molecular formula is C24H23N3O2. The standard InChI is InChI=1S/C24H23N3O2/c1-17-13-22(25-29-17)24(28)26-12-11-19(15-26)21-16-27(14-18-7-3-2-4-8-18)23-10-6-5-9-20(21)23/h2-10,13,16,19H,11-12,14-15H2,1H3. The molecule has 29 heavy (non-hydrogen) atoms. The maximum Gasteiger partial charge on any atom is 0.276 e. The lowest BCUT2D eigenvalue weighted by atomic mass is 9.98. The molecule has 0 N–H and O–H groups in total. The molecule has 0 spiro atoms. The smallest absolute Gasteiger partial charge is 0.276 e. The molecule has 4 aromatic rings. The van der Waals surface area contributed by atoms with Crippen LogP contribution in [0.15, 0.2) is 71.4 Å². The third-order valence-corrected chi connectivity index (χ3v) is 5.78. The van der Waals surface area contributed by atoms with Crippen LogP contribution in [-0.2, 0) is 6.54 Å². The molecule has 1 saturated heterocycles. The fraction of sp³-hybridized carbons (Fsp3) is 0.250. The second kappa shape index (κ2) is 7.24. The molecule has 3 heterocycles. The average Bonchev–Trinajstić information content (AvgIpc) is 3.47. The molecule has 0 bridgehead atoms. The van der Waals surface area contributed by atoms with Gasteiger partial charge >= 0.3 is 0 Å². The third-order valence-electron chi connectivity index (χ3n) is 5.78. The highest BCUT2D eigenvalue weighted by Crippen LogP contribution is 2.34. The predicted molar refractivity (Wildman–Crippen MR) is 112 cm³/mol. The van der Waals surface area contributed by atoms with Crippen LogP contribution in [0.2, 0.25) is 0 Å². The lowest BCUT2D eigenvalue weighted by molar-refractivity contribution is 0.0780. The van der Waals surface area contributed by atoms with Gasteiger partial charge in [0.1, 0.15) is 5.76 Å². The first-order chi connectivity index (χ1) is 14.2. The Bertz CT molecular complexity index is 1160. The summed E-state index contributed by atoms with van der Waals surface area (Å²) in [6.45, 7) is 4.10. The number of hydrogen-bond acceptors (Lipinski definition) is 3. The Balaban J connectivity index is 1.43. The van der Waals surface area contributed by atoms with Crippen LogP contribution in [0, 0.1) is 6.92 Å². The number of carbonyl (C=O) groups is 1. The van der Waals surface area contributed by atoms with Crippen LogP contribution in [0.5, 0.6) is 0 Å². The zero-order valence-corrected chi connectivity index (χ0v) is 16.4. The van der Waals surface area contributed by atoms with Crippen LogP contribution >= 0.6 is 0 Å². The number of fused-ring (bicyclic) bond motifs is 1. The van der Waals surface area contributed by atoms with Gasteiger partial charge in [0.15, 0.2) is 5.69 Å². The number of rotatable bonds is 4. The van der Waals surface area contributed by atoms with Crippen molar-refractivity contribution in [1.29, 1.82) is 0 Å². The molecule has 1 unspecified atom stereocenters. The van der Waals surface area contributed by atoms with Gasteiger partial charge in [-0.25, -0.2) is 0 Å². The fourth-order valence-corrected chi connectivity index (χ4v) is 4.34. The first-order valence-electron chi connectivity index (χ1n) is 10.0. The van der Waals surface area contributed by atoms with Gasteiger partial charge in [0.2, 0.25) is 0 Å². The number of aryl methyl sites for hydroxylation is 1. The normalized spacial score (nSPS) is 16.6. The van der Waals surface area contributed by atoms with Crippen molar-refractivity contribution in [1.82, 2.24) is 14.6 Å². The minimum absolute atomic E-state index is 0.0441. The van der Waals surface area contributed by atoms with E-state index in [0.717, 1.165) is 19.5 Å². The third kappa shape index (κ3) is 3.33. The zero-order valence-electron chi connectivity index (χ0n) is 16.4. The van der Waals surface area contributed by atoms with Crippen molar-refractivity contribution in [2.24, 2.45) is 0 Å². The van der Waals surface area contributed by atoms with Crippen LogP contribution < -0.4 is 0 Å². The van der Waals surface area contributed by atoms with E-state index in [1.807, 2.05) is 11.0 Å². The molecule has 2 aromatic heterocycles. The van der Waals surface area contributed by atoms with Crippen molar-refractivity contribution in [3.05, 3.63) is 89.4 Å². The van der Waals surface area contributed by atoms with E-state index in [1.165, 1.54) is 22.0 Å². The van der Waals surface area contributed by atoms with Crippen LogP contribution in [-0.4, -0.2) is 33.6 Å². The number of benzene rings is 2. The first-order valence-corrected chi connectivity index (χ1v) is 10.0. The van der Waals surface area contributed by atoms with E-state index in [1.54, 1.807) is 13.0 Å². The molecule has 1 aliphatic heterocycles. The van der Waals surface area contributed by atoms with Crippen LogP contribution in [0.1, 0.15) is 39.7 Å². The molecule has 5 nitrogen and oxygen atoms in total. The van der Waals surface area contributed by atoms with Gasteiger partial charge in [-0.2, -0.15) is 0 Å². The highest BCUT2D eigenvalue weighted by molar-refractivity contribution is 5.92. The molecule has 0 radical (unpaired) electrons. The summed E-state index contributed by atoms with van der Waals surface area (Å²) in [5.74, 6) is 0.944. The Morgan fingerprint density at radius 1 is 1.14 bits per heavy atom. The monoisotopic (exact) mass is 385 g/mol. The minimum atomic E-state index is -0.0441. The maximum atomic E-state index is 12.7.